The van der Waals surface area contributed by atoms with E-state index in [-0.39, 0.29) is 0 Å². The lowest BCUT2D eigenvalue weighted by molar-refractivity contribution is 0.277. The Morgan fingerprint density at radius 3 is 3.09 bits per heavy atom. The molecule has 0 saturated heterocycles. The van der Waals surface area contributed by atoms with Gasteiger partial charge in [0.2, 0.25) is 5.88 Å². The van der Waals surface area contributed by atoms with Crippen LogP contribution in [0.2, 0.25) is 0 Å². The molecule has 0 aliphatic rings. The van der Waals surface area contributed by atoms with Crippen molar-refractivity contribution in [2.75, 3.05) is 13.3 Å². The van der Waals surface area contributed by atoms with Crippen LogP contribution in [0.3, 0.4) is 0 Å². The molecular weight excluding hydrogens is 140 g/mol. The third-order valence-electron chi connectivity index (χ3n) is 1.21. The van der Waals surface area contributed by atoms with Crippen molar-refractivity contribution in [3.05, 3.63) is 24.4 Å². The maximum atomic E-state index is 5.22. The van der Waals surface area contributed by atoms with Gasteiger partial charge in [-0.1, -0.05) is 13.0 Å². The van der Waals surface area contributed by atoms with E-state index in [9.17, 15) is 0 Å². The standard InChI is InChI=1S/C8H12N2O/c1-2-9-7-11-8-5-3-4-6-10-8/h3-6,9H,2,7H2,1H3. The van der Waals surface area contributed by atoms with Gasteiger partial charge in [0.25, 0.3) is 0 Å². The van der Waals surface area contributed by atoms with Gasteiger partial charge in [0.05, 0.1) is 0 Å². The van der Waals surface area contributed by atoms with Gasteiger partial charge >= 0.3 is 0 Å². The number of pyridine rings is 1. The van der Waals surface area contributed by atoms with E-state index in [0.29, 0.717) is 12.6 Å². The average molecular weight is 152 g/mol. The van der Waals surface area contributed by atoms with Gasteiger partial charge in [0, 0.05) is 12.3 Å². The zero-order valence-electron chi connectivity index (χ0n) is 6.58. The summed E-state index contributed by atoms with van der Waals surface area (Å²) in [6.07, 6.45) is 1.71. The Labute approximate surface area is 66.4 Å². The van der Waals surface area contributed by atoms with E-state index in [1.165, 1.54) is 0 Å². The molecule has 0 saturated carbocycles. The second-order valence-electron chi connectivity index (χ2n) is 2.06. The summed E-state index contributed by atoms with van der Waals surface area (Å²) in [7, 11) is 0. The lowest BCUT2D eigenvalue weighted by atomic mass is 10.5. The highest BCUT2D eigenvalue weighted by Crippen LogP contribution is 2.01. The Hall–Kier alpha value is -1.09. The fourth-order valence-corrected chi connectivity index (χ4v) is 0.660. The molecular formula is C8H12N2O. The SMILES string of the molecule is CCNCOc1ccccn1. The number of nitrogens with zero attached hydrogens (tertiary/aromatic N) is 1. The van der Waals surface area contributed by atoms with Crippen molar-refractivity contribution in [3.63, 3.8) is 0 Å². The van der Waals surface area contributed by atoms with E-state index < -0.39 is 0 Å². The fourth-order valence-electron chi connectivity index (χ4n) is 0.660. The molecule has 1 heterocycles. The largest absolute Gasteiger partial charge is 0.462 e. The number of ether oxygens (including phenoxy) is 1. The first kappa shape index (κ1) is 8.01. The van der Waals surface area contributed by atoms with Crippen molar-refractivity contribution in [2.45, 2.75) is 6.92 Å². The predicted molar refractivity (Wildman–Crippen MR) is 43.4 cm³/mol. The summed E-state index contributed by atoms with van der Waals surface area (Å²) in [6, 6.07) is 5.59. The molecule has 0 aromatic carbocycles. The molecule has 1 N–H and O–H groups in total. The molecule has 0 unspecified atom stereocenters. The van der Waals surface area contributed by atoms with Crippen molar-refractivity contribution in [2.24, 2.45) is 0 Å². The van der Waals surface area contributed by atoms with Gasteiger partial charge in [0.15, 0.2) is 0 Å². The summed E-state index contributed by atoms with van der Waals surface area (Å²) in [4.78, 5) is 3.99. The first-order valence-electron chi connectivity index (χ1n) is 3.68. The van der Waals surface area contributed by atoms with Gasteiger partial charge in [-0.25, -0.2) is 4.98 Å². The Morgan fingerprint density at radius 1 is 1.55 bits per heavy atom. The molecule has 3 nitrogen and oxygen atoms in total. The van der Waals surface area contributed by atoms with Gasteiger partial charge in [0.1, 0.15) is 6.73 Å². The van der Waals surface area contributed by atoms with Crippen LogP contribution in [0, 0.1) is 0 Å². The van der Waals surface area contributed by atoms with Crippen LogP contribution in [-0.2, 0) is 0 Å². The van der Waals surface area contributed by atoms with Crippen LogP contribution in [0.1, 0.15) is 6.92 Å². The molecule has 1 aromatic heterocycles. The molecule has 0 fully saturated rings. The smallest absolute Gasteiger partial charge is 0.214 e. The Morgan fingerprint density at radius 2 is 2.45 bits per heavy atom. The second kappa shape index (κ2) is 4.68. The molecule has 0 bridgehead atoms. The van der Waals surface area contributed by atoms with Crippen LogP contribution in [-0.4, -0.2) is 18.3 Å². The van der Waals surface area contributed by atoms with E-state index in [0.717, 1.165) is 6.54 Å². The highest BCUT2D eigenvalue weighted by atomic mass is 16.5. The number of rotatable bonds is 4. The number of hydrogen-bond donors (Lipinski definition) is 1. The molecule has 0 aliphatic carbocycles. The zero-order chi connectivity index (χ0) is 7.94. The van der Waals surface area contributed by atoms with Crippen LogP contribution in [0.25, 0.3) is 0 Å². The van der Waals surface area contributed by atoms with E-state index in [4.69, 9.17) is 4.74 Å². The summed E-state index contributed by atoms with van der Waals surface area (Å²) < 4.78 is 5.22. The first-order chi connectivity index (χ1) is 5.43. The molecule has 0 aliphatic heterocycles. The van der Waals surface area contributed by atoms with Gasteiger partial charge < -0.3 is 4.74 Å². The van der Waals surface area contributed by atoms with Crippen LogP contribution >= 0.6 is 0 Å². The summed E-state index contributed by atoms with van der Waals surface area (Å²) in [5.41, 5.74) is 0. The molecule has 0 atom stereocenters. The van der Waals surface area contributed by atoms with Crippen LogP contribution in [0.4, 0.5) is 0 Å². The van der Waals surface area contributed by atoms with E-state index in [2.05, 4.69) is 10.3 Å². The number of aromatic nitrogens is 1. The van der Waals surface area contributed by atoms with Crippen LogP contribution in [0.5, 0.6) is 5.88 Å². The van der Waals surface area contributed by atoms with Crippen molar-refractivity contribution in [1.82, 2.24) is 10.3 Å². The Balaban J connectivity index is 2.28. The minimum Gasteiger partial charge on any atom is -0.462 e. The minimum absolute atomic E-state index is 0.521. The van der Waals surface area contributed by atoms with Gasteiger partial charge in [-0.05, 0) is 12.6 Å². The van der Waals surface area contributed by atoms with E-state index >= 15 is 0 Å². The number of hydrogen-bond acceptors (Lipinski definition) is 3. The molecule has 60 valence electrons. The van der Waals surface area contributed by atoms with Crippen molar-refractivity contribution in [1.29, 1.82) is 0 Å². The lowest BCUT2D eigenvalue weighted by Crippen LogP contribution is -2.19. The maximum absolute atomic E-state index is 5.22. The molecule has 0 radical (unpaired) electrons. The molecule has 1 aromatic rings. The van der Waals surface area contributed by atoms with Crippen LogP contribution in [0.15, 0.2) is 24.4 Å². The van der Waals surface area contributed by atoms with Gasteiger partial charge in [-0.15, -0.1) is 0 Å². The van der Waals surface area contributed by atoms with Crippen LogP contribution < -0.4 is 10.1 Å². The molecule has 0 amide bonds. The quantitative estimate of drug-likeness (QED) is 0.517. The summed E-state index contributed by atoms with van der Waals surface area (Å²) >= 11 is 0. The third kappa shape index (κ3) is 3.00. The van der Waals surface area contributed by atoms with E-state index in [1.54, 1.807) is 6.20 Å². The molecule has 3 heteroatoms. The molecule has 11 heavy (non-hydrogen) atoms. The third-order valence-corrected chi connectivity index (χ3v) is 1.21. The predicted octanol–water partition coefficient (Wildman–Crippen LogP) is 1.03. The molecule has 0 spiro atoms. The fraction of sp³-hybridized carbons (Fsp3) is 0.375. The lowest BCUT2D eigenvalue weighted by Gasteiger charge is -2.03. The van der Waals surface area contributed by atoms with Crippen molar-refractivity contribution >= 4 is 0 Å². The Bertz CT molecular complexity index is 189. The maximum Gasteiger partial charge on any atom is 0.214 e. The number of nitrogens with one attached hydrogen (secondary N) is 1. The summed E-state index contributed by atoms with van der Waals surface area (Å²) in [5.74, 6) is 0.661. The monoisotopic (exact) mass is 152 g/mol. The summed E-state index contributed by atoms with van der Waals surface area (Å²) in [6.45, 7) is 3.46. The minimum atomic E-state index is 0.521. The average Bonchev–Trinajstić information content (AvgIpc) is 2.07. The Kier molecular flexibility index (Phi) is 3.41. The van der Waals surface area contributed by atoms with Crippen molar-refractivity contribution in [3.8, 4) is 5.88 Å². The normalized spacial score (nSPS) is 9.55. The molecule has 1 rings (SSSR count). The second-order valence-corrected chi connectivity index (χ2v) is 2.06. The zero-order valence-corrected chi connectivity index (χ0v) is 6.58. The topological polar surface area (TPSA) is 34.1 Å². The first-order valence-corrected chi connectivity index (χ1v) is 3.68. The highest BCUT2D eigenvalue weighted by molar-refractivity contribution is 5.08. The van der Waals surface area contributed by atoms with Gasteiger partial charge in [-0.2, -0.15) is 0 Å². The van der Waals surface area contributed by atoms with E-state index in [1.807, 2.05) is 25.1 Å². The van der Waals surface area contributed by atoms with Crippen molar-refractivity contribution < 1.29 is 4.74 Å². The summed E-state index contributed by atoms with van der Waals surface area (Å²) in [5, 5.41) is 3.03. The highest BCUT2D eigenvalue weighted by Gasteiger charge is 1.88. The van der Waals surface area contributed by atoms with Gasteiger partial charge in [-0.3, -0.25) is 5.32 Å².